The minimum absolute atomic E-state index is 0.0729. The molecule has 2 aromatic rings. The van der Waals surface area contributed by atoms with E-state index in [1.807, 2.05) is 30.3 Å². The van der Waals surface area contributed by atoms with Crippen molar-refractivity contribution in [2.75, 3.05) is 0 Å². The van der Waals surface area contributed by atoms with Crippen molar-refractivity contribution < 1.29 is 4.79 Å². The standard InChI is InChI=1S/C16H15ClN2O/c17-15-9-13(12-7-4-8-14(12)19-15)16(20)18-10-11-5-2-1-3-6-11/h1-3,5-6,9H,4,7-8,10H2,(H,18,20). The van der Waals surface area contributed by atoms with Gasteiger partial charge in [0.05, 0.1) is 0 Å². The number of aromatic nitrogens is 1. The van der Waals surface area contributed by atoms with Gasteiger partial charge in [0.1, 0.15) is 5.15 Å². The predicted octanol–water partition coefficient (Wildman–Crippen LogP) is 3.15. The molecule has 0 bridgehead atoms. The third kappa shape index (κ3) is 2.68. The van der Waals surface area contributed by atoms with Crippen LogP contribution in [-0.2, 0) is 19.4 Å². The maximum Gasteiger partial charge on any atom is 0.252 e. The van der Waals surface area contributed by atoms with Crippen LogP contribution >= 0.6 is 11.6 Å². The number of nitrogens with zero attached hydrogens (tertiary/aromatic N) is 1. The third-order valence-electron chi connectivity index (χ3n) is 3.56. The Hall–Kier alpha value is -1.87. The van der Waals surface area contributed by atoms with E-state index < -0.39 is 0 Å². The summed E-state index contributed by atoms with van der Waals surface area (Å²) in [6.07, 6.45) is 2.87. The van der Waals surface area contributed by atoms with Gasteiger partial charge in [-0.15, -0.1) is 0 Å². The summed E-state index contributed by atoms with van der Waals surface area (Å²) in [5, 5.41) is 3.35. The third-order valence-corrected chi connectivity index (χ3v) is 3.75. The van der Waals surface area contributed by atoms with Gasteiger partial charge in [-0.3, -0.25) is 4.79 Å². The fourth-order valence-corrected chi connectivity index (χ4v) is 2.80. The van der Waals surface area contributed by atoms with E-state index >= 15 is 0 Å². The molecule has 1 heterocycles. The first-order valence-electron chi connectivity index (χ1n) is 6.74. The highest BCUT2D eigenvalue weighted by Crippen LogP contribution is 2.26. The van der Waals surface area contributed by atoms with Crippen LogP contribution in [0.3, 0.4) is 0 Å². The van der Waals surface area contributed by atoms with Gasteiger partial charge in [0.2, 0.25) is 0 Å². The predicted molar refractivity (Wildman–Crippen MR) is 78.9 cm³/mol. The lowest BCUT2D eigenvalue weighted by Crippen LogP contribution is -2.24. The van der Waals surface area contributed by atoms with Crippen molar-refractivity contribution in [3.05, 3.63) is 63.9 Å². The molecule has 1 aliphatic carbocycles. The number of hydrogen-bond acceptors (Lipinski definition) is 2. The second kappa shape index (κ2) is 5.63. The summed E-state index contributed by atoms with van der Waals surface area (Å²) >= 11 is 6.00. The number of amides is 1. The van der Waals surface area contributed by atoms with Crippen molar-refractivity contribution in [2.24, 2.45) is 0 Å². The zero-order valence-electron chi connectivity index (χ0n) is 11.0. The van der Waals surface area contributed by atoms with Crippen LogP contribution in [0.25, 0.3) is 0 Å². The lowest BCUT2D eigenvalue weighted by atomic mass is 10.1. The lowest BCUT2D eigenvalue weighted by molar-refractivity contribution is 0.0950. The summed E-state index contributed by atoms with van der Waals surface area (Å²) in [5.74, 6) is -0.0729. The maximum absolute atomic E-state index is 12.3. The molecule has 1 aliphatic rings. The van der Waals surface area contributed by atoms with Crippen molar-refractivity contribution in [1.29, 1.82) is 0 Å². The zero-order chi connectivity index (χ0) is 13.9. The second-order valence-electron chi connectivity index (χ2n) is 4.94. The van der Waals surface area contributed by atoms with Gasteiger partial charge in [0.25, 0.3) is 5.91 Å². The molecule has 3 rings (SSSR count). The summed E-state index contributed by atoms with van der Waals surface area (Å²) < 4.78 is 0. The average Bonchev–Trinajstić information content (AvgIpc) is 2.93. The van der Waals surface area contributed by atoms with Gasteiger partial charge in [-0.2, -0.15) is 0 Å². The van der Waals surface area contributed by atoms with Crippen LogP contribution in [0, 0.1) is 0 Å². The van der Waals surface area contributed by atoms with E-state index in [-0.39, 0.29) is 5.91 Å². The number of fused-ring (bicyclic) bond motifs is 1. The molecule has 0 saturated heterocycles. The largest absolute Gasteiger partial charge is 0.348 e. The topological polar surface area (TPSA) is 42.0 Å². The maximum atomic E-state index is 12.3. The smallest absolute Gasteiger partial charge is 0.252 e. The summed E-state index contributed by atoms with van der Waals surface area (Å²) in [7, 11) is 0. The molecule has 0 fully saturated rings. The molecule has 1 aromatic heterocycles. The highest BCUT2D eigenvalue weighted by atomic mass is 35.5. The van der Waals surface area contributed by atoms with Gasteiger partial charge in [0, 0.05) is 17.8 Å². The molecular formula is C16H15ClN2O. The molecule has 4 heteroatoms. The van der Waals surface area contributed by atoms with Gasteiger partial charge in [-0.25, -0.2) is 4.98 Å². The molecule has 1 aromatic carbocycles. The van der Waals surface area contributed by atoms with E-state index in [4.69, 9.17) is 11.6 Å². The average molecular weight is 287 g/mol. The Balaban J connectivity index is 1.78. The number of benzene rings is 1. The first-order chi connectivity index (χ1) is 9.74. The minimum Gasteiger partial charge on any atom is -0.348 e. The Kier molecular flexibility index (Phi) is 3.70. The molecule has 20 heavy (non-hydrogen) atoms. The molecule has 0 unspecified atom stereocenters. The van der Waals surface area contributed by atoms with Crippen molar-refractivity contribution in [3.63, 3.8) is 0 Å². The normalized spacial score (nSPS) is 13.1. The number of halogens is 1. The number of nitrogens with one attached hydrogen (secondary N) is 1. The molecule has 0 radical (unpaired) electrons. The number of aryl methyl sites for hydroxylation is 1. The van der Waals surface area contributed by atoms with Gasteiger partial charge in [0.15, 0.2) is 0 Å². The number of hydrogen-bond donors (Lipinski definition) is 1. The summed E-state index contributed by atoms with van der Waals surface area (Å²) in [4.78, 5) is 16.6. The first kappa shape index (κ1) is 13.1. The fourth-order valence-electron chi connectivity index (χ4n) is 2.58. The van der Waals surface area contributed by atoms with Crippen molar-refractivity contribution in [1.82, 2.24) is 10.3 Å². The van der Waals surface area contributed by atoms with Crippen LogP contribution < -0.4 is 5.32 Å². The zero-order valence-corrected chi connectivity index (χ0v) is 11.8. The molecule has 0 atom stereocenters. The van der Waals surface area contributed by atoms with E-state index in [1.54, 1.807) is 6.07 Å². The molecule has 0 spiro atoms. The lowest BCUT2D eigenvalue weighted by Gasteiger charge is -2.10. The molecule has 1 N–H and O–H groups in total. The van der Waals surface area contributed by atoms with Crippen molar-refractivity contribution in [2.45, 2.75) is 25.8 Å². The molecular weight excluding hydrogens is 272 g/mol. The molecule has 102 valence electrons. The Morgan fingerprint density at radius 1 is 1.25 bits per heavy atom. The van der Waals surface area contributed by atoms with Crippen LogP contribution in [0.5, 0.6) is 0 Å². The first-order valence-corrected chi connectivity index (χ1v) is 7.12. The van der Waals surface area contributed by atoms with E-state index in [9.17, 15) is 4.79 Å². The Morgan fingerprint density at radius 2 is 2.05 bits per heavy atom. The summed E-state index contributed by atoms with van der Waals surface area (Å²) in [5.41, 5.74) is 3.79. The summed E-state index contributed by atoms with van der Waals surface area (Å²) in [6, 6.07) is 11.5. The highest BCUT2D eigenvalue weighted by Gasteiger charge is 2.21. The van der Waals surface area contributed by atoms with Crippen LogP contribution in [0.4, 0.5) is 0 Å². The van der Waals surface area contributed by atoms with Crippen LogP contribution in [0.2, 0.25) is 5.15 Å². The SMILES string of the molecule is O=C(NCc1ccccc1)c1cc(Cl)nc2c1CCC2. The minimum atomic E-state index is -0.0729. The van der Waals surface area contributed by atoms with E-state index in [0.717, 1.165) is 36.1 Å². The van der Waals surface area contributed by atoms with Crippen molar-refractivity contribution in [3.8, 4) is 0 Å². The van der Waals surface area contributed by atoms with Gasteiger partial charge in [-0.1, -0.05) is 41.9 Å². The Morgan fingerprint density at radius 3 is 2.85 bits per heavy atom. The molecule has 3 nitrogen and oxygen atoms in total. The molecule has 0 saturated carbocycles. The molecule has 1 amide bonds. The van der Waals surface area contributed by atoms with E-state index in [1.165, 1.54) is 0 Å². The Bertz CT molecular complexity index is 640. The number of pyridine rings is 1. The van der Waals surface area contributed by atoms with Crippen LogP contribution in [0.1, 0.15) is 33.6 Å². The van der Waals surface area contributed by atoms with Gasteiger partial charge >= 0.3 is 0 Å². The van der Waals surface area contributed by atoms with E-state index in [0.29, 0.717) is 17.3 Å². The van der Waals surface area contributed by atoms with E-state index in [2.05, 4.69) is 10.3 Å². The number of rotatable bonds is 3. The van der Waals surface area contributed by atoms with Crippen LogP contribution in [-0.4, -0.2) is 10.9 Å². The van der Waals surface area contributed by atoms with Crippen LogP contribution in [0.15, 0.2) is 36.4 Å². The monoisotopic (exact) mass is 286 g/mol. The van der Waals surface area contributed by atoms with Crippen molar-refractivity contribution >= 4 is 17.5 Å². The second-order valence-corrected chi connectivity index (χ2v) is 5.33. The molecule has 0 aliphatic heterocycles. The number of carbonyl (C=O) groups is 1. The van der Waals surface area contributed by atoms with Gasteiger partial charge < -0.3 is 5.32 Å². The fraction of sp³-hybridized carbons (Fsp3) is 0.250. The quantitative estimate of drug-likeness (QED) is 0.881. The summed E-state index contributed by atoms with van der Waals surface area (Å²) in [6.45, 7) is 0.522. The Labute approximate surface area is 123 Å². The highest BCUT2D eigenvalue weighted by molar-refractivity contribution is 6.29. The van der Waals surface area contributed by atoms with Gasteiger partial charge in [-0.05, 0) is 36.5 Å². The number of carbonyl (C=O) groups excluding carboxylic acids is 1.